The number of aromatic nitrogens is 1. The van der Waals surface area contributed by atoms with Gasteiger partial charge >= 0.3 is 0 Å². The molecule has 0 saturated heterocycles. The van der Waals surface area contributed by atoms with Crippen molar-refractivity contribution in [3.63, 3.8) is 0 Å². The van der Waals surface area contributed by atoms with Crippen LogP contribution in [-0.2, 0) is 0 Å². The number of halogens is 1. The van der Waals surface area contributed by atoms with Crippen LogP contribution in [0, 0.1) is 5.82 Å². The van der Waals surface area contributed by atoms with Gasteiger partial charge in [-0.15, -0.1) is 0 Å². The molecule has 0 radical (unpaired) electrons. The highest BCUT2D eigenvalue weighted by Crippen LogP contribution is 2.07. The third kappa shape index (κ3) is 3.38. The number of Topliss-reactive ketones (excluding diaryl/α,β-unsaturated/α-hetero) is 1. The summed E-state index contributed by atoms with van der Waals surface area (Å²) in [5.74, 6) is -0.335. The summed E-state index contributed by atoms with van der Waals surface area (Å²) < 4.78 is 12.7. The first-order chi connectivity index (χ1) is 8.75. The third-order valence-corrected chi connectivity index (χ3v) is 2.53. The van der Waals surface area contributed by atoms with E-state index in [1.807, 2.05) is 12.1 Å². The van der Waals surface area contributed by atoms with Crippen LogP contribution in [0.4, 0.5) is 10.1 Å². The van der Waals surface area contributed by atoms with Crippen molar-refractivity contribution < 1.29 is 9.18 Å². The lowest BCUT2D eigenvalue weighted by molar-refractivity contribution is 0.0986. The van der Waals surface area contributed by atoms with Crippen molar-refractivity contribution in [3.05, 3.63) is 60.2 Å². The van der Waals surface area contributed by atoms with Crippen molar-refractivity contribution in [2.24, 2.45) is 0 Å². The lowest BCUT2D eigenvalue weighted by Crippen LogP contribution is -2.08. The van der Waals surface area contributed by atoms with Gasteiger partial charge in [-0.2, -0.15) is 0 Å². The van der Waals surface area contributed by atoms with Gasteiger partial charge < -0.3 is 5.32 Å². The van der Waals surface area contributed by atoms with Crippen LogP contribution in [0.25, 0.3) is 0 Å². The molecule has 3 nitrogen and oxygen atoms in total. The van der Waals surface area contributed by atoms with Crippen molar-refractivity contribution in [3.8, 4) is 0 Å². The Hall–Kier alpha value is -2.23. The van der Waals surface area contributed by atoms with Gasteiger partial charge in [-0.25, -0.2) is 4.39 Å². The normalized spacial score (nSPS) is 10.1. The molecule has 0 bridgehead atoms. The maximum Gasteiger partial charge on any atom is 0.164 e. The number of nitrogens with one attached hydrogen (secondary N) is 1. The first-order valence-electron chi connectivity index (χ1n) is 5.68. The number of hydrogen-bond acceptors (Lipinski definition) is 3. The SMILES string of the molecule is O=C(CCNc1ccncc1)c1ccc(F)cc1. The second kappa shape index (κ2) is 5.91. The molecule has 18 heavy (non-hydrogen) atoms. The highest BCUT2D eigenvalue weighted by atomic mass is 19.1. The van der Waals surface area contributed by atoms with E-state index >= 15 is 0 Å². The number of ketones is 1. The van der Waals surface area contributed by atoms with Crippen LogP contribution in [-0.4, -0.2) is 17.3 Å². The monoisotopic (exact) mass is 244 g/mol. The van der Waals surface area contributed by atoms with E-state index in [2.05, 4.69) is 10.3 Å². The molecule has 0 fully saturated rings. The summed E-state index contributed by atoms with van der Waals surface area (Å²) in [5.41, 5.74) is 1.46. The third-order valence-electron chi connectivity index (χ3n) is 2.53. The minimum Gasteiger partial charge on any atom is -0.384 e. The Morgan fingerprint density at radius 3 is 2.44 bits per heavy atom. The van der Waals surface area contributed by atoms with E-state index in [-0.39, 0.29) is 11.6 Å². The Labute approximate surface area is 105 Å². The molecule has 0 spiro atoms. The lowest BCUT2D eigenvalue weighted by Gasteiger charge is -2.05. The van der Waals surface area contributed by atoms with Crippen molar-refractivity contribution in [2.45, 2.75) is 6.42 Å². The molecule has 0 amide bonds. The number of benzene rings is 1. The second-order valence-electron chi connectivity index (χ2n) is 3.84. The zero-order chi connectivity index (χ0) is 12.8. The van der Waals surface area contributed by atoms with Crippen LogP contribution in [0.5, 0.6) is 0 Å². The Morgan fingerprint density at radius 1 is 1.11 bits per heavy atom. The fraction of sp³-hybridized carbons (Fsp3) is 0.143. The van der Waals surface area contributed by atoms with E-state index in [0.29, 0.717) is 18.5 Å². The largest absolute Gasteiger partial charge is 0.384 e. The van der Waals surface area contributed by atoms with E-state index in [9.17, 15) is 9.18 Å². The molecule has 4 heteroatoms. The number of carbonyl (C=O) groups is 1. The van der Waals surface area contributed by atoms with Crippen LogP contribution in [0.3, 0.4) is 0 Å². The zero-order valence-electron chi connectivity index (χ0n) is 9.77. The van der Waals surface area contributed by atoms with Gasteiger partial charge in [0, 0.05) is 36.6 Å². The summed E-state index contributed by atoms with van der Waals surface area (Å²) in [6.07, 6.45) is 3.74. The van der Waals surface area contributed by atoms with Gasteiger partial charge in [-0.1, -0.05) is 0 Å². The average Bonchev–Trinajstić information content (AvgIpc) is 2.40. The molecule has 0 aliphatic heterocycles. The smallest absolute Gasteiger partial charge is 0.164 e. The fourth-order valence-corrected chi connectivity index (χ4v) is 1.57. The molecule has 0 saturated carbocycles. The maximum atomic E-state index is 12.7. The topological polar surface area (TPSA) is 42.0 Å². The lowest BCUT2D eigenvalue weighted by atomic mass is 10.1. The molecular formula is C14H13FN2O. The predicted octanol–water partition coefficient (Wildman–Crippen LogP) is 2.91. The van der Waals surface area contributed by atoms with Crippen LogP contribution in [0.2, 0.25) is 0 Å². The number of hydrogen-bond donors (Lipinski definition) is 1. The van der Waals surface area contributed by atoms with Crippen LogP contribution in [0.1, 0.15) is 16.8 Å². The van der Waals surface area contributed by atoms with Gasteiger partial charge in [-0.3, -0.25) is 9.78 Å². The summed E-state index contributed by atoms with van der Waals surface area (Å²) in [6, 6.07) is 9.27. The molecule has 2 aromatic rings. The molecular weight excluding hydrogens is 231 g/mol. The highest BCUT2D eigenvalue weighted by molar-refractivity contribution is 5.96. The van der Waals surface area contributed by atoms with E-state index in [1.54, 1.807) is 12.4 Å². The van der Waals surface area contributed by atoms with E-state index in [4.69, 9.17) is 0 Å². The quantitative estimate of drug-likeness (QED) is 0.822. The summed E-state index contributed by atoms with van der Waals surface area (Å²) in [6.45, 7) is 0.542. The Bertz CT molecular complexity index is 511. The molecule has 1 aromatic carbocycles. The molecule has 2 rings (SSSR count). The zero-order valence-corrected chi connectivity index (χ0v) is 9.77. The summed E-state index contributed by atoms with van der Waals surface area (Å²) in [4.78, 5) is 15.7. The van der Waals surface area contributed by atoms with Crippen LogP contribution < -0.4 is 5.32 Å². The van der Waals surface area contributed by atoms with Crippen molar-refractivity contribution in [1.82, 2.24) is 4.98 Å². The van der Waals surface area contributed by atoms with Crippen LogP contribution >= 0.6 is 0 Å². The van der Waals surface area contributed by atoms with E-state index in [0.717, 1.165) is 5.69 Å². The van der Waals surface area contributed by atoms with Gasteiger partial charge in [-0.05, 0) is 36.4 Å². The molecule has 0 aliphatic carbocycles. The standard InChI is InChI=1S/C14H13FN2O/c15-12-3-1-11(2-4-12)14(18)7-10-17-13-5-8-16-9-6-13/h1-6,8-9H,7,10H2,(H,16,17). The minimum atomic E-state index is -0.332. The second-order valence-corrected chi connectivity index (χ2v) is 3.84. The van der Waals surface area contributed by atoms with E-state index < -0.39 is 0 Å². The van der Waals surface area contributed by atoms with E-state index in [1.165, 1.54) is 24.3 Å². The first kappa shape index (κ1) is 12.2. The number of nitrogens with zero attached hydrogens (tertiary/aromatic N) is 1. The van der Waals surface area contributed by atoms with Gasteiger partial charge in [0.15, 0.2) is 5.78 Å². The Morgan fingerprint density at radius 2 is 1.78 bits per heavy atom. The van der Waals surface area contributed by atoms with Gasteiger partial charge in [0.2, 0.25) is 0 Å². The molecule has 0 aliphatic rings. The number of pyridine rings is 1. The average molecular weight is 244 g/mol. The van der Waals surface area contributed by atoms with Gasteiger partial charge in [0.25, 0.3) is 0 Å². The molecule has 0 atom stereocenters. The number of rotatable bonds is 5. The summed E-state index contributed by atoms with van der Waals surface area (Å²) in [7, 11) is 0. The summed E-state index contributed by atoms with van der Waals surface area (Å²) in [5, 5.41) is 3.12. The molecule has 1 aromatic heterocycles. The fourth-order valence-electron chi connectivity index (χ4n) is 1.57. The minimum absolute atomic E-state index is 0.00319. The molecule has 1 heterocycles. The van der Waals surface area contributed by atoms with Gasteiger partial charge in [0.05, 0.1) is 0 Å². The molecule has 1 N–H and O–H groups in total. The number of anilines is 1. The molecule has 0 unspecified atom stereocenters. The first-order valence-corrected chi connectivity index (χ1v) is 5.68. The summed E-state index contributed by atoms with van der Waals surface area (Å²) >= 11 is 0. The number of carbonyl (C=O) groups excluding carboxylic acids is 1. The van der Waals surface area contributed by atoms with Crippen molar-refractivity contribution >= 4 is 11.5 Å². The van der Waals surface area contributed by atoms with Crippen molar-refractivity contribution in [2.75, 3.05) is 11.9 Å². The van der Waals surface area contributed by atoms with Crippen LogP contribution in [0.15, 0.2) is 48.8 Å². The van der Waals surface area contributed by atoms with Crippen molar-refractivity contribution in [1.29, 1.82) is 0 Å². The molecule has 92 valence electrons. The Kier molecular flexibility index (Phi) is 4.02. The maximum absolute atomic E-state index is 12.7. The highest BCUT2D eigenvalue weighted by Gasteiger charge is 2.05. The predicted molar refractivity (Wildman–Crippen MR) is 68.1 cm³/mol. The van der Waals surface area contributed by atoms with Gasteiger partial charge in [0.1, 0.15) is 5.82 Å². The Balaban J connectivity index is 1.84.